The second-order valence-corrected chi connectivity index (χ2v) is 9.60. The first kappa shape index (κ1) is 24.4. The minimum atomic E-state index is -4.46. The minimum absolute atomic E-state index is 0.198. The van der Waals surface area contributed by atoms with Gasteiger partial charge in [0.1, 0.15) is 0 Å². The van der Waals surface area contributed by atoms with Gasteiger partial charge in [-0.1, -0.05) is 24.8 Å². The number of amides is 1. The summed E-state index contributed by atoms with van der Waals surface area (Å²) in [6.07, 6.45) is 1.18. The van der Waals surface area contributed by atoms with Crippen LogP contribution in [0.3, 0.4) is 0 Å². The Morgan fingerprint density at radius 3 is 2.65 bits per heavy atom. The molecule has 0 aliphatic carbocycles. The van der Waals surface area contributed by atoms with E-state index in [1.165, 1.54) is 24.1 Å². The number of alkyl halides is 3. The first-order valence-corrected chi connectivity index (χ1v) is 12.4. The van der Waals surface area contributed by atoms with Crippen molar-refractivity contribution in [2.24, 2.45) is 5.92 Å². The molecule has 4 rings (SSSR count). The normalized spacial score (nSPS) is 15.1. The van der Waals surface area contributed by atoms with Crippen LogP contribution in [0.25, 0.3) is 17.3 Å². The van der Waals surface area contributed by atoms with E-state index < -0.39 is 11.7 Å². The van der Waals surface area contributed by atoms with Crippen molar-refractivity contribution in [1.82, 2.24) is 19.7 Å². The molecule has 2 aromatic heterocycles. The van der Waals surface area contributed by atoms with Crippen molar-refractivity contribution in [3.05, 3.63) is 48.2 Å². The van der Waals surface area contributed by atoms with Crippen LogP contribution in [0.2, 0.25) is 0 Å². The molecule has 1 amide bonds. The molecule has 1 aliphatic rings. The van der Waals surface area contributed by atoms with Crippen molar-refractivity contribution < 1.29 is 22.4 Å². The van der Waals surface area contributed by atoms with E-state index in [2.05, 4.69) is 17.1 Å². The van der Waals surface area contributed by atoms with Crippen LogP contribution in [-0.2, 0) is 11.0 Å². The lowest BCUT2D eigenvalue weighted by atomic mass is 9.99. The third kappa shape index (κ3) is 5.84. The van der Waals surface area contributed by atoms with E-state index in [0.29, 0.717) is 40.5 Å². The number of carbonyl (C=O) groups excluding carboxylic acids is 1. The zero-order valence-electron chi connectivity index (χ0n) is 18.9. The highest BCUT2D eigenvalue weighted by atomic mass is 32.2. The highest BCUT2D eigenvalue weighted by molar-refractivity contribution is 7.99. The van der Waals surface area contributed by atoms with Gasteiger partial charge in [-0.25, -0.2) is 0 Å². The van der Waals surface area contributed by atoms with Crippen LogP contribution >= 0.6 is 11.8 Å². The SMILES string of the molecule is CC1CCN(C(=O)CCCCSc2nnc(-c3ccco3)n2-c2cccc(C(F)(F)F)c2)CC1. The topological polar surface area (TPSA) is 64.2 Å². The fourth-order valence-electron chi connectivity index (χ4n) is 3.94. The summed E-state index contributed by atoms with van der Waals surface area (Å²) in [5.41, 5.74) is -0.436. The van der Waals surface area contributed by atoms with E-state index in [1.807, 2.05) is 4.90 Å². The van der Waals surface area contributed by atoms with E-state index in [0.717, 1.165) is 50.9 Å². The van der Waals surface area contributed by atoms with Crippen LogP contribution in [0, 0.1) is 5.92 Å². The highest BCUT2D eigenvalue weighted by Crippen LogP contribution is 2.33. The molecule has 0 bridgehead atoms. The molecule has 0 N–H and O–H groups in total. The number of piperidine rings is 1. The second kappa shape index (κ2) is 10.7. The molecule has 1 saturated heterocycles. The van der Waals surface area contributed by atoms with Gasteiger partial charge in [0.05, 0.1) is 17.5 Å². The fourth-order valence-corrected chi connectivity index (χ4v) is 4.89. The quantitative estimate of drug-likeness (QED) is 0.282. The minimum Gasteiger partial charge on any atom is -0.461 e. The lowest BCUT2D eigenvalue weighted by Crippen LogP contribution is -2.37. The summed E-state index contributed by atoms with van der Waals surface area (Å²) in [4.78, 5) is 14.4. The van der Waals surface area contributed by atoms with Gasteiger partial charge in [-0.3, -0.25) is 9.36 Å². The maximum atomic E-state index is 13.3. The highest BCUT2D eigenvalue weighted by Gasteiger charge is 2.31. The zero-order valence-corrected chi connectivity index (χ0v) is 19.7. The summed E-state index contributed by atoms with van der Waals surface area (Å²) in [6, 6.07) is 8.45. The van der Waals surface area contributed by atoms with Gasteiger partial charge in [0.25, 0.3) is 0 Å². The van der Waals surface area contributed by atoms with Crippen LogP contribution in [-0.4, -0.2) is 44.4 Å². The Balaban J connectivity index is 1.42. The largest absolute Gasteiger partial charge is 0.461 e. The number of halogens is 3. The van der Waals surface area contributed by atoms with Gasteiger partial charge in [-0.15, -0.1) is 10.2 Å². The van der Waals surface area contributed by atoms with Crippen molar-refractivity contribution >= 4 is 17.7 Å². The molecule has 6 nitrogen and oxygen atoms in total. The lowest BCUT2D eigenvalue weighted by molar-refractivity contribution is -0.137. The Bertz CT molecular complexity index is 1090. The van der Waals surface area contributed by atoms with E-state index >= 15 is 0 Å². The second-order valence-electron chi connectivity index (χ2n) is 8.54. The molecular weight excluding hydrogens is 465 g/mol. The Morgan fingerprint density at radius 1 is 1.15 bits per heavy atom. The van der Waals surface area contributed by atoms with Crippen LogP contribution in [0.5, 0.6) is 0 Å². The van der Waals surface area contributed by atoms with Gasteiger partial charge in [0, 0.05) is 25.3 Å². The first-order valence-electron chi connectivity index (χ1n) is 11.4. The summed E-state index contributed by atoms with van der Waals surface area (Å²) >= 11 is 1.40. The van der Waals surface area contributed by atoms with E-state index in [9.17, 15) is 18.0 Å². The molecule has 0 unspecified atom stereocenters. The summed E-state index contributed by atoms with van der Waals surface area (Å²) in [5.74, 6) is 2.30. The van der Waals surface area contributed by atoms with Crippen LogP contribution in [0.1, 0.15) is 44.6 Å². The van der Waals surface area contributed by atoms with Crippen LogP contribution in [0.4, 0.5) is 13.2 Å². The maximum Gasteiger partial charge on any atom is 0.416 e. The molecule has 3 aromatic rings. The zero-order chi connectivity index (χ0) is 24.1. The molecule has 182 valence electrons. The summed E-state index contributed by atoms with van der Waals surface area (Å²) in [5, 5.41) is 8.86. The lowest BCUT2D eigenvalue weighted by Gasteiger charge is -2.30. The Kier molecular flexibility index (Phi) is 7.65. The number of unbranched alkanes of at least 4 members (excludes halogenated alkanes) is 1. The van der Waals surface area contributed by atoms with E-state index in [1.54, 1.807) is 22.8 Å². The third-order valence-electron chi connectivity index (χ3n) is 5.96. The van der Waals surface area contributed by atoms with Gasteiger partial charge in [0.15, 0.2) is 10.9 Å². The van der Waals surface area contributed by atoms with E-state index in [-0.39, 0.29) is 5.91 Å². The van der Waals surface area contributed by atoms with Crippen molar-refractivity contribution in [2.75, 3.05) is 18.8 Å². The number of nitrogens with zero attached hydrogens (tertiary/aromatic N) is 4. The number of thioether (sulfide) groups is 1. The molecule has 0 atom stereocenters. The molecule has 0 radical (unpaired) electrons. The van der Waals surface area contributed by atoms with Gasteiger partial charge in [-0.05, 0) is 61.9 Å². The molecule has 1 aromatic carbocycles. The number of hydrogen-bond acceptors (Lipinski definition) is 5. The summed E-state index contributed by atoms with van der Waals surface area (Å²) < 4.78 is 46.9. The smallest absolute Gasteiger partial charge is 0.416 e. The Hall–Kier alpha value is -2.75. The van der Waals surface area contributed by atoms with Crippen molar-refractivity contribution in [3.63, 3.8) is 0 Å². The predicted molar refractivity (Wildman–Crippen MR) is 124 cm³/mol. The summed E-state index contributed by atoms with van der Waals surface area (Å²) in [7, 11) is 0. The van der Waals surface area contributed by atoms with Crippen molar-refractivity contribution in [3.8, 4) is 17.3 Å². The van der Waals surface area contributed by atoms with Crippen LogP contribution < -0.4 is 0 Å². The number of aromatic nitrogens is 3. The number of likely N-dealkylation sites (tertiary alicyclic amines) is 1. The Labute approximate surface area is 200 Å². The molecule has 34 heavy (non-hydrogen) atoms. The first-order chi connectivity index (χ1) is 16.3. The monoisotopic (exact) mass is 492 g/mol. The summed E-state index contributed by atoms with van der Waals surface area (Å²) in [6.45, 7) is 3.89. The molecule has 1 aliphatic heterocycles. The average Bonchev–Trinajstić information content (AvgIpc) is 3.48. The molecule has 3 heterocycles. The number of carbonyl (C=O) groups is 1. The Morgan fingerprint density at radius 2 is 1.94 bits per heavy atom. The molecule has 0 saturated carbocycles. The van der Waals surface area contributed by atoms with Crippen molar-refractivity contribution in [1.29, 1.82) is 0 Å². The average molecular weight is 493 g/mol. The third-order valence-corrected chi connectivity index (χ3v) is 6.97. The number of hydrogen-bond donors (Lipinski definition) is 0. The predicted octanol–water partition coefficient (Wildman–Crippen LogP) is 6.07. The van der Waals surface area contributed by atoms with Gasteiger partial charge < -0.3 is 9.32 Å². The van der Waals surface area contributed by atoms with Crippen LogP contribution in [0.15, 0.2) is 52.2 Å². The van der Waals surface area contributed by atoms with Gasteiger partial charge in [0.2, 0.25) is 11.7 Å². The maximum absolute atomic E-state index is 13.3. The molecule has 0 spiro atoms. The molecular formula is C24H27F3N4O2S. The number of benzene rings is 1. The number of furan rings is 1. The standard InChI is InChI=1S/C24H27F3N4O2S/c1-17-10-12-30(13-11-17)21(32)9-2-3-15-34-23-29-28-22(20-8-5-14-33-20)31(23)19-7-4-6-18(16-19)24(25,26)27/h4-8,14,16-17H,2-3,9-13,15H2,1H3. The van der Waals surface area contributed by atoms with E-state index in [4.69, 9.17) is 4.42 Å². The molecule has 10 heteroatoms. The molecule has 1 fully saturated rings. The number of rotatable bonds is 8. The van der Waals surface area contributed by atoms with Gasteiger partial charge >= 0.3 is 6.18 Å². The van der Waals surface area contributed by atoms with Crippen molar-refractivity contribution in [2.45, 2.75) is 50.4 Å². The fraction of sp³-hybridized carbons (Fsp3) is 0.458. The van der Waals surface area contributed by atoms with Gasteiger partial charge in [-0.2, -0.15) is 13.2 Å².